The van der Waals surface area contributed by atoms with Crippen LogP contribution in [-0.2, 0) is 21.4 Å². The third-order valence-corrected chi connectivity index (χ3v) is 9.05. The van der Waals surface area contributed by atoms with Crippen LogP contribution in [0, 0.1) is 6.92 Å². The standard InChI is InChI=1S/C24H22ClN3O4S2/c1-16-6-9-19(10-7-16)34(30,31)28-12-2-5-21(28)23(29)27(15-18-4-3-13-32-18)24-26-20-11-8-17(25)14-22(20)33-24/h3-4,6-11,13-14,21H,2,5,12,15H2,1H3. The zero-order chi connectivity index (χ0) is 23.9. The molecule has 0 aliphatic carbocycles. The lowest BCUT2D eigenvalue weighted by atomic mass is 10.2. The zero-order valence-electron chi connectivity index (χ0n) is 18.3. The molecule has 3 heterocycles. The fraction of sp³-hybridized carbons (Fsp3) is 0.250. The van der Waals surface area contributed by atoms with Crippen LogP contribution in [0.4, 0.5) is 5.13 Å². The van der Waals surface area contributed by atoms with Crippen LogP contribution in [0.2, 0.25) is 5.02 Å². The van der Waals surface area contributed by atoms with Crippen LogP contribution in [0.15, 0.2) is 70.2 Å². The van der Waals surface area contributed by atoms with Crippen molar-refractivity contribution in [1.82, 2.24) is 9.29 Å². The van der Waals surface area contributed by atoms with E-state index in [4.69, 9.17) is 16.0 Å². The van der Waals surface area contributed by atoms with Crippen molar-refractivity contribution >= 4 is 54.2 Å². The van der Waals surface area contributed by atoms with Gasteiger partial charge in [0.05, 0.1) is 27.9 Å². The van der Waals surface area contributed by atoms with Gasteiger partial charge in [-0.25, -0.2) is 13.4 Å². The number of sulfonamides is 1. The van der Waals surface area contributed by atoms with Gasteiger partial charge in [0.2, 0.25) is 15.9 Å². The van der Waals surface area contributed by atoms with E-state index in [0.29, 0.717) is 28.8 Å². The quantitative estimate of drug-likeness (QED) is 0.351. The molecule has 10 heteroatoms. The summed E-state index contributed by atoms with van der Waals surface area (Å²) >= 11 is 7.47. The highest BCUT2D eigenvalue weighted by molar-refractivity contribution is 7.89. The van der Waals surface area contributed by atoms with E-state index in [1.807, 2.05) is 6.92 Å². The molecule has 0 bridgehead atoms. The summed E-state index contributed by atoms with van der Waals surface area (Å²) in [5, 5.41) is 1.05. The Morgan fingerprint density at radius 2 is 2.03 bits per heavy atom. The maximum atomic E-state index is 13.9. The zero-order valence-corrected chi connectivity index (χ0v) is 20.7. The number of nitrogens with zero attached hydrogens (tertiary/aromatic N) is 3. The SMILES string of the molecule is Cc1ccc(S(=O)(=O)N2CCCC2C(=O)N(Cc2ccco2)c2nc3ccc(Cl)cc3s2)cc1. The molecule has 0 saturated carbocycles. The summed E-state index contributed by atoms with van der Waals surface area (Å²) in [6, 6.07) is 14.7. The van der Waals surface area contributed by atoms with Gasteiger partial charge in [-0.05, 0) is 62.2 Å². The van der Waals surface area contributed by atoms with Crippen LogP contribution in [0.5, 0.6) is 0 Å². The van der Waals surface area contributed by atoms with Gasteiger partial charge >= 0.3 is 0 Å². The molecule has 1 atom stereocenters. The lowest BCUT2D eigenvalue weighted by Crippen LogP contribution is -2.47. The number of thiazole rings is 1. The topological polar surface area (TPSA) is 83.7 Å². The molecule has 0 N–H and O–H groups in total. The Labute approximate surface area is 206 Å². The normalized spacial score (nSPS) is 16.8. The number of carbonyl (C=O) groups excluding carboxylic acids is 1. The molecule has 1 aliphatic heterocycles. The number of rotatable bonds is 6. The smallest absolute Gasteiger partial charge is 0.247 e. The summed E-state index contributed by atoms with van der Waals surface area (Å²) in [7, 11) is -3.83. The summed E-state index contributed by atoms with van der Waals surface area (Å²) < 4.78 is 34.5. The van der Waals surface area contributed by atoms with Crippen LogP contribution >= 0.6 is 22.9 Å². The van der Waals surface area contributed by atoms with E-state index in [0.717, 1.165) is 15.8 Å². The first-order valence-corrected chi connectivity index (χ1v) is 13.4. The Morgan fingerprint density at radius 3 is 2.76 bits per heavy atom. The molecule has 7 nitrogen and oxygen atoms in total. The number of fused-ring (bicyclic) bond motifs is 1. The molecule has 5 rings (SSSR count). The van der Waals surface area contributed by atoms with Crippen molar-refractivity contribution in [1.29, 1.82) is 0 Å². The first-order chi connectivity index (χ1) is 16.3. The first kappa shape index (κ1) is 23.0. The van der Waals surface area contributed by atoms with Crippen molar-refractivity contribution in [3.63, 3.8) is 0 Å². The van der Waals surface area contributed by atoms with E-state index in [2.05, 4.69) is 4.98 Å². The predicted molar refractivity (Wildman–Crippen MR) is 133 cm³/mol. The van der Waals surface area contributed by atoms with Crippen molar-refractivity contribution in [3.8, 4) is 0 Å². The number of aromatic nitrogens is 1. The molecule has 1 unspecified atom stereocenters. The number of furan rings is 1. The Balaban J connectivity index is 1.51. The van der Waals surface area contributed by atoms with Gasteiger partial charge < -0.3 is 4.42 Å². The summed E-state index contributed by atoms with van der Waals surface area (Å²) in [5.41, 5.74) is 1.69. The van der Waals surface area contributed by atoms with Gasteiger partial charge in [-0.2, -0.15) is 4.31 Å². The van der Waals surface area contributed by atoms with E-state index < -0.39 is 16.1 Å². The van der Waals surface area contributed by atoms with Gasteiger partial charge in [-0.3, -0.25) is 9.69 Å². The molecule has 1 fully saturated rings. The maximum Gasteiger partial charge on any atom is 0.247 e. The molecular formula is C24H22ClN3O4S2. The van der Waals surface area contributed by atoms with E-state index in [-0.39, 0.29) is 23.9 Å². The number of benzene rings is 2. The lowest BCUT2D eigenvalue weighted by Gasteiger charge is -2.28. The lowest BCUT2D eigenvalue weighted by molar-refractivity contribution is -0.121. The Hall–Kier alpha value is -2.72. The molecule has 2 aromatic heterocycles. The number of hydrogen-bond donors (Lipinski definition) is 0. The van der Waals surface area contributed by atoms with Gasteiger partial charge in [-0.1, -0.05) is 40.6 Å². The molecule has 1 amide bonds. The fourth-order valence-corrected chi connectivity index (χ4v) is 7.00. The minimum atomic E-state index is -3.83. The molecule has 0 radical (unpaired) electrons. The molecule has 2 aromatic carbocycles. The largest absolute Gasteiger partial charge is 0.467 e. The van der Waals surface area contributed by atoms with Gasteiger partial charge in [0, 0.05) is 11.6 Å². The molecular weight excluding hydrogens is 494 g/mol. The van der Waals surface area contributed by atoms with Crippen molar-refractivity contribution in [3.05, 3.63) is 77.2 Å². The van der Waals surface area contributed by atoms with Crippen LogP contribution in [0.25, 0.3) is 10.2 Å². The highest BCUT2D eigenvalue weighted by Crippen LogP contribution is 2.34. The number of carbonyl (C=O) groups is 1. The van der Waals surface area contributed by atoms with E-state index in [1.54, 1.807) is 60.9 Å². The second-order valence-electron chi connectivity index (χ2n) is 8.20. The van der Waals surface area contributed by atoms with Crippen molar-refractivity contribution in [2.45, 2.75) is 37.2 Å². The highest BCUT2D eigenvalue weighted by Gasteiger charge is 2.42. The van der Waals surface area contributed by atoms with E-state index in [1.165, 1.54) is 20.5 Å². The highest BCUT2D eigenvalue weighted by atomic mass is 35.5. The summed E-state index contributed by atoms with van der Waals surface area (Å²) in [5.74, 6) is 0.256. The Kier molecular flexibility index (Phi) is 6.20. The third kappa shape index (κ3) is 4.36. The minimum absolute atomic E-state index is 0.147. The van der Waals surface area contributed by atoms with Gasteiger partial charge in [-0.15, -0.1) is 0 Å². The minimum Gasteiger partial charge on any atom is -0.467 e. The first-order valence-electron chi connectivity index (χ1n) is 10.8. The summed E-state index contributed by atoms with van der Waals surface area (Å²) in [6.07, 6.45) is 2.58. The predicted octanol–water partition coefficient (Wildman–Crippen LogP) is 5.24. The van der Waals surface area contributed by atoms with Crippen LogP contribution in [0.3, 0.4) is 0 Å². The molecule has 4 aromatic rings. The van der Waals surface area contributed by atoms with Gasteiger partial charge in [0.1, 0.15) is 11.8 Å². The number of aryl methyl sites for hydroxylation is 1. The number of anilines is 1. The van der Waals surface area contributed by atoms with E-state index in [9.17, 15) is 13.2 Å². The summed E-state index contributed by atoms with van der Waals surface area (Å²) in [6.45, 7) is 2.33. The fourth-order valence-electron chi connectivity index (χ4n) is 4.10. The molecule has 1 saturated heterocycles. The maximum absolute atomic E-state index is 13.9. The van der Waals surface area contributed by atoms with Crippen LogP contribution < -0.4 is 4.90 Å². The molecule has 1 aliphatic rings. The molecule has 0 spiro atoms. The van der Waals surface area contributed by atoms with Crippen molar-refractivity contribution in [2.75, 3.05) is 11.4 Å². The second kappa shape index (κ2) is 9.14. The Bertz CT molecular complexity index is 1430. The summed E-state index contributed by atoms with van der Waals surface area (Å²) in [4.78, 5) is 20.2. The molecule has 34 heavy (non-hydrogen) atoms. The monoisotopic (exact) mass is 515 g/mol. The average molecular weight is 516 g/mol. The van der Waals surface area contributed by atoms with Gasteiger partial charge in [0.25, 0.3) is 0 Å². The number of halogens is 1. The number of amides is 1. The van der Waals surface area contributed by atoms with Crippen LogP contribution in [-0.4, -0.2) is 36.2 Å². The van der Waals surface area contributed by atoms with Crippen molar-refractivity contribution in [2.24, 2.45) is 0 Å². The van der Waals surface area contributed by atoms with Crippen LogP contribution in [0.1, 0.15) is 24.2 Å². The second-order valence-corrected chi connectivity index (χ2v) is 11.5. The average Bonchev–Trinajstić information content (AvgIpc) is 3.57. The molecule has 176 valence electrons. The van der Waals surface area contributed by atoms with Gasteiger partial charge in [0.15, 0.2) is 5.13 Å². The Morgan fingerprint density at radius 1 is 1.24 bits per heavy atom. The third-order valence-electron chi connectivity index (χ3n) is 5.85. The van der Waals surface area contributed by atoms with Crippen molar-refractivity contribution < 1.29 is 17.6 Å². The van der Waals surface area contributed by atoms with E-state index >= 15 is 0 Å². The number of hydrogen-bond acceptors (Lipinski definition) is 6.